The molecule has 0 atom stereocenters. The number of aromatic nitrogens is 2. The van der Waals surface area contributed by atoms with Gasteiger partial charge >= 0.3 is 0 Å². The lowest BCUT2D eigenvalue weighted by Crippen LogP contribution is -2.16. The molecule has 2 aromatic rings. The van der Waals surface area contributed by atoms with Gasteiger partial charge in [0.05, 0.1) is 16.9 Å². The molecule has 0 saturated heterocycles. The number of rotatable bonds is 2. The van der Waals surface area contributed by atoms with Crippen LogP contribution < -0.4 is 11.1 Å². The zero-order valence-electron chi connectivity index (χ0n) is 11.0. The van der Waals surface area contributed by atoms with Crippen LogP contribution in [0.2, 0.25) is 0 Å². The third-order valence-electron chi connectivity index (χ3n) is 2.87. The molecule has 0 aliphatic carbocycles. The molecule has 3 N–H and O–H groups in total. The lowest BCUT2D eigenvalue weighted by molar-refractivity contribution is 0.102. The Labute approximate surface area is 119 Å². The summed E-state index contributed by atoms with van der Waals surface area (Å²) in [6.45, 7) is 3.74. The molecule has 19 heavy (non-hydrogen) atoms. The molecule has 1 aromatic carbocycles. The van der Waals surface area contributed by atoms with E-state index in [2.05, 4.69) is 26.3 Å². The van der Waals surface area contributed by atoms with Crippen molar-refractivity contribution in [3.05, 3.63) is 39.5 Å². The third-order valence-corrected chi connectivity index (χ3v) is 3.56. The van der Waals surface area contributed by atoms with Gasteiger partial charge in [-0.25, -0.2) is 0 Å². The quantitative estimate of drug-likeness (QED) is 0.892. The molecule has 1 heterocycles. The number of nitrogens with two attached hydrogens (primary N) is 1. The standard InChI is InChI=1S/C13H15BrN4O/c1-7-4-5-10(14)9(6-7)13(19)16-12-11(15)8(2)17-18(12)3/h4-6H,15H2,1-3H3,(H,16,19). The molecule has 1 amide bonds. The molecule has 6 heteroatoms. The first-order chi connectivity index (χ1) is 8.90. The zero-order chi connectivity index (χ0) is 14.2. The number of carbonyl (C=O) groups excluding carboxylic acids is 1. The molecular weight excluding hydrogens is 308 g/mol. The van der Waals surface area contributed by atoms with Gasteiger partial charge in [0, 0.05) is 11.5 Å². The first-order valence-electron chi connectivity index (χ1n) is 5.76. The molecule has 5 nitrogen and oxygen atoms in total. The van der Waals surface area contributed by atoms with Crippen LogP contribution in [0.25, 0.3) is 0 Å². The van der Waals surface area contributed by atoms with Crippen molar-refractivity contribution in [2.24, 2.45) is 7.05 Å². The number of anilines is 2. The van der Waals surface area contributed by atoms with E-state index < -0.39 is 0 Å². The Morgan fingerprint density at radius 3 is 2.68 bits per heavy atom. The first-order valence-corrected chi connectivity index (χ1v) is 6.56. The van der Waals surface area contributed by atoms with E-state index in [1.54, 1.807) is 18.7 Å². The molecule has 0 aliphatic rings. The summed E-state index contributed by atoms with van der Waals surface area (Å²) in [6.07, 6.45) is 0. The first kappa shape index (κ1) is 13.6. The van der Waals surface area contributed by atoms with Crippen molar-refractivity contribution < 1.29 is 4.79 Å². The van der Waals surface area contributed by atoms with E-state index >= 15 is 0 Å². The molecule has 0 aliphatic heterocycles. The fraction of sp³-hybridized carbons (Fsp3) is 0.231. The molecule has 0 bridgehead atoms. The summed E-state index contributed by atoms with van der Waals surface area (Å²) < 4.78 is 2.31. The highest BCUT2D eigenvalue weighted by Gasteiger charge is 2.16. The summed E-state index contributed by atoms with van der Waals surface area (Å²) in [6, 6.07) is 5.60. The normalized spacial score (nSPS) is 10.5. The number of halogens is 1. The number of nitrogen functional groups attached to an aromatic ring is 1. The molecule has 100 valence electrons. The molecular formula is C13H15BrN4O. The average molecular weight is 323 g/mol. The lowest BCUT2D eigenvalue weighted by Gasteiger charge is -2.08. The van der Waals surface area contributed by atoms with E-state index in [1.807, 2.05) is 25.1 Å². The lowest BCUT2D eigenvalue weighted by atomic mass is 10.1. The summed E-state index contributed by atoms with van der Waals surface area (Å²) >= 11 is 3.37. The number of aryl methyl sites for hydroxylation is 3. The van der Waals surface area contributed by atoms with Crippen molar-refractivity contribution in [2.45, 2.75) is 13.8 Å². The number of carbonyl (C=O) groups is 1. The Morgan fingerprint density at radius 1 is 1.42 bits per heavy atom. The number of nitrogens with zero attached hydrogens (tertiary/aromatic N) is 2. The second kappa shape index (κ2) is 5.05. The SMILES string of the molecule is Cc1ccc(Br)c(C(=O)Nc2c(N)c(C)nn2C)c1. The minimum atomic E-state index is -0.217. The molecule has 0 saturated carbocycles. The van der Waals surface area contributed by atoms with E-state index in [-0.39, 0.29) is 5.91 Å². The smallest absolute Gasteiger partial charge is 0.258 e. The number of nitrogens with one attached hydrogen (secondary N) is 1. The summed E-state index contributed by atoms with van der Waals surface area (Å²) in [5, 5.41) is 6.95. The Hall–Kier alpha value is -1.82. The molecule has 1 aromatic heterocycles. The second-order valence-corrected chi connectivity index (χ2v) is 5.26. The summed E-state index contributed by atoms with van der Waals surface area (Å²) in [7, 11) is 1.74. The van der Waals surface area contributed by atoms with Gasteiger partial charge in [-0.1, -0.05) is 11.6 Å². The van der Waals surface area contributed by atoms with E-state index in [9.17, 15) is 4.79 Å². The predicted molar refractivity (Wildman–Crippen MR) is 79.2 cm³/mol. The van der Waals surface area contributed by atoms with E-state index in [4.69, 9.17) is 5.73 Å². The van der Waals surface area contributed by atoms with Crippen LogP contribution in [-0.2, 0) is 7.05 Å². The number of benzene rings is 1. The van der Waals surface area contributed by atoms with Crippen LogP contribution in [0.1, 0.15) is 21.6 Å². The van der Waals surface area contributed by atoms with Crippen LogP contribution in [-0.4, -0.2) is 15.7 Å². The number of amides is 1. The summed E-state index contributed by atoms with van der Waals surface area (Å²) in [5.74, 6) is 0.293. The van der Waals surface area contributed by atoms with Crippen molar-refractivity contribution in [3.63, 3.8) is 0 Å². The van der Waals surface area contributed by atoms with Crippen LogP contribution in [0.4, 0.5) is 11.5 Å². The Balaban J connectivity index is 2.33. The van der Waals surface area contributed by atoms with Gasteiger partial charge < -0.3 is 11.1 Å². The van der Waals surface area contributed by atoms with Crippen molar-refractivity contribution in [2.75, 3.05) is 11.1 Å². The van der Waals surface area contributed by atoms with Gasteiger partial charge in [0.15, 0.2) is 5.82 Å². The van der Waals surface area contributed by atoms with Crippen molar-refractivity contribution >= 4 is 33.3 Å². The molecule has 0 radical (unpaired) electrons. The molecule has 0 fully saturated rings. The van der Waals surface area contributed by atoms with E-state index in [0.29, 0.717) is 22.8 Å². The topological polar surface area (TPSA) is 72.9 Å². The summed E-state index contributed by atoms with van der Waals surface area (Å²) in [5.41, 5.74) is 8.65. The minimum Gasteiger partial charge on any atom is -0.394 e. The van der Waals surface area contributed by atoms with Gasteiger partial charge in [0.1, 0.15) is 0 Å². The average Bonchev–Trinajstić information content (AvgIpc) is 2.59. The van der Waals surface area contributed by atoms with Gasteiger partial charge in [-0.2, -0.15) is 5.10 Å². The number of hydrogen-bond acceptors (Lipinski definition) is 3. The maximum atomic E-state index is 12.3. The fourth-order valence-corrected chi connectivity index (χ4v) is 2.24. The van der Waals surface area contributed by atoms with Crippen molar-refractivity contribution in [1.29, 1.82) is 0 Å². The highest BCUT2D eigenvalue weighted by molar-refractivity contribution is 9.10. The zero-order valence-corrected chi connectivity index (χ0v) is 12.6. The molecule has 2 rings (SSSR count). The predicted octanol–water partition coefficient (Wildman–Crippen LogP) is 2.63. The molecule has 0 unspecified atom stereocenters. The number of hydrogen-bond donors (Lipinski definition) is 2. The van der Waals surface area contributed by atoms with Gasteiger partial charge in [0.2, 0.25) is 0 Å². The maximum absolute atomic E-state index is 12.3. The van der Waals surface area contributed by atoms with Gasteiger partial charge in [-0.15, -0.1) is 0 Å². The van der Waals surface area contributed by atoms with E-state index in [0.717, 1.165) is 10.0 Å². The Bertz CT molecular complexity index is 648. The Kier molecular flexibility index (Phi) is 3.61. The van der Waals surface area contributed by atoms with Gasteiger partial charge in [-0.05, 0) is 41.9 Å². The van der Waals surface area contributed by atoms with Crippen molar-refractivity contribution in [3.8, 4) is 0 Å². The van der Waals surface area contributed by atoms with Crippen LogP contribution in [0.3, 0.4) is 0 Å². The largest absolute Gasteiger partial charge is 0.394 e. The highest BCUT2D eigenvalue weighted by atomic mass is 79.9. The molecule has 0 spiro atoms. The Morgan fingerprint density at radius 2 is 2.11 bits per heavy atom. The monoisotopic (exact) mass is 322 g/mol. The third kappa shape index (κ3) is 2.63. The van der Waals surface area contributed by atoms with Gasteiger partial charge in [0.25, 0.3) is 5.91 Å². The van der Waals surface area contributed by atoms with Crippen LogP contribution in [0.5, 0.6) is 0 Å². The summed E-state index contributed by atoms with van der Waals surface area (Å²) in [4.78, 5) is 12.3. The van der Waals surface area contributed by atoms with Gasteiger partial charge in [-0.3, -0.25) is 9.48 Å². The van der Waals surface area contributed by atoms with Crippen LogP contribution in [0.15, 0.2) is 22.7 Å². The van der Waals surface area contributed by atoms with Crippen LogP contribution >= 0.6 is 15.9 Å². The second-order valence-electron chi connectivity index (χ2n) is 4.41. The maximum Gasteiger partial charge on any atom is 0.258 e. The fourth-order valence-electron chi connectivity index (χ4n) is 1.81. The van der Waals surface area contributed by atoms with Crippen LogP contribution in [0, 0.1) is 13.8 Å². The van der Waals surface area contributed by atoms with Crippen molar-refractivity contribution in [1.82, 2.24) is 9.78 Å². The van der Waals surface area contributed by atoms with E-state index in [1.165, 1.54) is 0 Å². The highest BCUT2D eigenvalue weighted by Crippen LogP contribution is 2.24. The minimum absolute atomic E-state index is 0.217.